The molecule has 0 aliphatic carbocycles. The summed E-state index contributed by atoms with van der Waals surface area (Å²) in [5.41, 5.74) is 0.951. The molecule has 0 saturated carbocycles. The van der Waals surface area contributed by atoms with Gasteiger partial charge in [0.15, 0.2) is 10.7 Å². The molecule has 0 unspecified atom stereocenters. The molecular weight excluding hydrogens is 255 g/mol. The number of fused-ring (bicyclic) bond motifs is 3. The number of benzene rings is 1. The van der Waals surface area contributed by atoms with Crippen LogP contribution in [0, 0.1) is 5.82 Å². The van der Waals surface area contributed by atoms with Crippen LogP contribution in [-0.4, -0.2) is 22.0 Å². The van der Waals surface area contributed by atoms with Gasteiger partial charge in [0.1, 0.15) is 5.82 Å². The smallest absolute Gasteiger partial charge is 0.358 e. The summed E-state index contributed by atoms with van der Waals surface area (Å²) in [5, 5.41) is 0. The van der Waals surface area contributed by atoms with E-state index in [1.54, 1.807) is 29.7 Å². The molecule has 4 nitrogen and oxygen atoms in total. The number of ether oxygens (including phenoxy) is 1. The van der Waals surface area contributed by atoms with E-state index in [1.807, 2.05) is 0 Å². The zero-order valence-electron chi connectivity index (χ0n) is 9.51. The molecule has 1 aromatic carbocycles. The van der Waals surface area contributed by atoms with Gasteiger partial charge >= 0.3 is 5.97 Å². The number of nitrogens with zero attached hydrogens (tertiary/aromatic N) is 2. The van der Waals surface area contributed by atoms with Crippen molar-refractivity contribution in [1.82, 2.24) is 9.38 Å². The maximum absolute atomic E-state index is 13.6. The molecule has 3 rings (SSSR count). The highest BCUT2D eigenvalue weighted by molar-refractivity contribution is 7.23. The molecule has 2 heterocycles. The van der Waals surface area contributed by atoms with Crippen molar-refractivity contribution in [2.24, 2.45) is 0 Å². The topological polar surface area (TPSA) is 43.6 Å². The minimum atomic E-state index is -0.460. The monoisotopic (exact) mass is 264 g/mol. The average Bonchev–Trinajstić information content (AvgIpc) is 2.88. The Kier molecular flexibility index (Phi) is 2.52. The van der Waals surface area contributed by atoms with Gasteiger partial charge in [-0.2, -0.15) is 0 Å². The lowest BCUT2D eigenvalue weighted by molar-refractivity contribution is 0.0520. The number of rotatable bonds is 2. The highest BCUT2D eigenvalue weighted by Gasteiger charge is 2.16. The third kappa shape index (κ3) is 1.57. The van der Waals surface area contributed by atoms with Crippen molar-refractivity contribution in [3.05, 3.63) is 35.9 Å². The van der Waals surface area contributed by atoms with E-state index in [0.29, 0.717) is 21.8 Å². The van der Waals surface area contributed by atoms with Crippen LogP contribution in [0.1, 0.15) is 17.4 Å². The summed E-state index contributed by atoms with van der Waals surface area (Å²) in [6.07, 6.45) is 1.58. The lowest BCUT2D eigenvalue weighted by Gasteiger charge is -1.96. The summed E-state index contributed by atoms with van der Waals surface area (Å²) in [7, 11) is 0. The predicted octanol–water partition coefficient (Wildman–Crippen LogP) is 2.86. The molecular formula is C12H9FN2O2S. The molecule has 92 valence electrons. The van der Waals surface area contributed by atoms with Crippen LogP contribution in [0.2, 0.25) is 0 Å². The summed E-state index contributed by atoms with van der Waals surface area (Å²) >= 11 is 1.21. The number of hydrogen-bond acceptors (Lipinski definition) is 4. The molecule has 0 fully saturated rings. The Morgan fingerprint density at radius 2 is 2.39 bits per heavy atom. The summed E-state index contributed by atoms with van der Waals surface area (Å²) in [6.45, 7) is 2.04. The molecule has 0 radical (unpaired) electrons. The molecule has 18 heavy (non-hydrogen) atoms. The third-order valence-electron chi connectivity index (χ3n) is 2.56. The van der Waals surface area contributed by atoms with Gasteiger partial charge in [0, 0.05) is 6.20 Å². The lowest BCUT2D eigenvalue weighted by Crippen LogP contribution is -2.04. The second-order valence-electron chi connectivity index (χ2n) is 3.69. The van der Waals surface area contributed by atoms with Crippen molar-refractivity contribution in [1.29, 1.82) is 0 Å². The van der Waals surface area contributed by atoms with Crippen LogP contribution in [0.5, 0.6) is 0 Å². The first-order chi connectivity index (χ1) is 8.70. The van der Waals surface area contributed by atoms with Gasteiger partial charge in [-0.15, -0.1) is 0 Å². The SMILES string of the molecule is CCOC(=O)c1cn2c(n1)sc1c(F)cccc12. The molecule has 0 bridgehead atoms. The number of esters is 1. The number of hydrogen-bond donors (Lipinski definition) is 0. The predicted molar refractivity (Wildman–Crippen MR) is 66.5 cm³/mol. The molecule has 0 amide bonds. The van der Waals surface area contributed by atoms with E-state index < -0.39 is 5.97 Å². The highest BCUT2D eigenvalue weighted by atomic mass is 32.1. The summed E-state index contributed by atoms with van der Waals surface area (Å²) in [6, 6.07) is 4.83. The summed E-state index contributed by atoms with van der Waals surface area (Å²) in [5.74, 6) is -0.737. The maximum Gasteiger partial charge on any atom is 0.358 e. The number of carbonyl (C=O) groups is 1. The first kappa shape index (κ1) is 11.2. The molecule has 0 aliphatic rings. The number of aromatic nitrogens is 2. The second kappa shape index (κ2) is 4.06. The Bertz CT molecular complexity index is 747. The second-order valence-corrected chi connectivity index (χ2v) is 4.67. The van der Waals surface area contributed by atoms with Crippen LogP contribution in [0.3, 0.4) is 0 Å². The normalized spacial score (nSPS) is 11.2. The first-order valence-electron chi connectivity index (χ1n) is 5.44. The zero-order valence-corrected chi connectivity index (χ0v) is 10.3. The van der Waals surface area contributed by atoms with Crippen molar-refractivity contribution in [2.45, 2.75) is 6.92 Å². The van der Waals surface area contributed by atoms with Crippen LogP contribution in [0.25, 0.3) is 15.2 Å². The average molecular weight is 264 g/mol. The molecule has 0 aliphatic heterocycles. The summed E-state index contributed by atoms with van der Waals surface area (Å²) < 4.78 is 20.7. The van der Waals surface area contributed by atoms with Crippen LogP contribution >= 0.6 is 11.3 Å². The van der Waals surface area contributed by atoms with E-state index in [4.69, 9.17) is 4.74 Å². The zero-order chi connectivity index (χ0) is 12.7. The minimum Gasteiger partial charge on any atom is -0.461 e. The van der Waals surface area contributed by atoms with Crippen molar-refractivity contribution in [3.63, 3.8) is 0 Å². The van der Waals surface area contributed by atoms with Crippen LogP contribution in [0.15, 0.2) is 24.4 Å². The maximum atomic E-state index is 13.6. The van der Waals surface area contributed by atoms with Gasteiger partial charge in [0.2, 0.25) is 0 Å². The minimum absolute atomic E-state index is 0.245. The molecule has 3 aromatic rings. The summed E-state index contributed by atoms with van der Waals surface area (Å²) in [4.78, 5) is 16.3. The van der Waals surface area contributed by atoms with Crippen molar-refractivity contribution < 1.29 is 13.9 Å². The van der Waals surface area contributed by atoms with E-state index in [0.717, 1.165) is 0 Å². The van der Waals surface area contributed by atoms with Crippen molar-refractivity contribution in [3.8, 4) is 0 Å². The Morgan fingerprint density at radius 3 is 3.17 bits per heavy atom. The number of imidazole rings is 1. The fourth-order valence-electron chi connectivity index (χ4n) is 1.79. The van der Waals surface area contributed by atoms with Crippen molar-refractivity contribution >= 4 is 32.5 Å². The lowest BCUT2D eigenvalue weighted by atomic mass is 10.3. The van der Waals surface area contributed by atoms with Crippen LogP contribution < -0.4 is 0 Å². The highest BCUT2D eigenvalue weighted by Crippen LogP contribution is 2.28. The van der Waals surface area contributed by atoms with E-state index >= 15 is 0 Å². The van der Waals surface area contributed by atoms with Crippen molar-refractivity contribution in [2.75, 3.05) is 6.61 Å². The van der Waals surface area contributed by atoms with Gasteiger partial charge in [0.25, 0.3) is 0 Å². The fraction of sp³-hybridized carbons (Fsp3) is 0.167. The van der Waals surface area contributed by atoms with Gasteiger partial charge in [-0.05, 0) is 19.1 Å². The first-order valence-corrected chi connectivity index (χ1v) is 6.25. The quantitative estimate of drug-likeness (QED) is 0.668. The largest absolute Gasteiger partial charge is 0.461 e. The van der Waals surface area contributed by atoms with Gasteiger partial charge in [-0.3, -0.25) is 4.40 Å². The molecule has 0 saturated heterocycles. The van der Waals surface area contributed by atoms with Gasteiger partial charge in [0.05, 0.1) is 16.8 Å². The molecule has 2 aromatic heterocycles. The van der Waals surface area contributed by atoms with Gasteiger partial charge in [-0.25, -0.2) is 14.2 Å². The molecule has 0 spiro atoms. The number of carbonyl (C=O) groups excluding carboxylic acids is 1. The molecule has 6 heteroatoms. The Morgan fingerprint density at radius 1 is 1.56 bits per heavy atom. The van der Waals surface area contributed by atoms with Crippen LogP contribution in [0.4, 0.5) is 4.39 Å². The van der Waals surface area contributed by atoms with Crippen LogP contribution in [-0.2, 0) is 4.74 Å². The standard InChI is InChI=1S/C12H9FN2O2S/c1-2-17-11(16)8-6-15-9-5-3-4-7(13)10(9)18-12(15)14-8/h3-6H,2H2,1H3. The Balaban J connectivity index is 2.20. The van der Waals surface area contributed by atoms with E-state index in [9.17, 15) is 9.18 Å². The van der Waals surface area contributed by atoms with Gasteiger partial charge in [-0.1, -0.05) is 17.4 Å². The molecule has 0 N–H and O–H groups in total. The van der Waals surface area contributed by atoms with E-state index in [1.165, 1.54) is 17.4 Å². The van der Waals surface area contributed by atoms with E-state index in [-0.39, 0.29) is 11.5 Å². The third-order valence-corrected chi connectivity index (χ3v) is 3.64. The number of thiazole rings is 1. The molecule has 0 atom stereocenters. The fourth-order valence-corrected chi connectivity index (χ4v) is 2.80. The Hall–Kier alpha value is -1.95. The number of halogens is 1. The van der Waals surface area contributed by atoms with Gasteiger partial charge < -0.3 is 4.74 Å². The Labute approximate surface area is 106 Å². The van der Waals surface area contributed by atoms with E-state index in [2.05, 4.69) is 4.98 Å².